The van der Waals surface area contributed by atoms with Crippen molar-refractivity contribution in [2.24, 2.45) is 0 Å². The Labute approximate surface area is 124 Å². The second-order valence-electron chi connectivity index (χ2n) is 5.20. The summed E-state index contributed by atoms with van der Waals surface area (Å²) in [6.45, 7) is 9.37. The van der Waals surface area contributed by atoms with E-state index in [9.17, 15) is 5.11 Å². The first kappa shape index (κ1) is 15.0. The quantitative estimate of drug-likeness (QED) is 0.895. The molecule has 0 aliphatic heterocycles. The topological polar surface area (TPSA) is 36.4 Å². The van der Waals surface area contributed by atoms with Crippen LogP contribution in [0.2, 0.25) is 0 Å². The normalized spacial score (nSPS) is 11.1. The minimum atomic E-state index is 0.0660. The molecule has 0 aliphatic carbocycles. The molecule has 108 valence electrons. The number of aromatic nitrogens is 1. The maximum Gasteiger partial charge on any atom is 0.190 e. The number of anilines is 2. The van der Waals surface area contributed by atoms with Crippen LogP contribution in [0.15, 0.2) is 24.3 Å². The van der Waals surface area contributed by atoms with E-state index in [1.165, 1.54) is 5.56 Å². The molecule has 0 aliphatic rings. The Bertz CT molecular complexity index is 578. The monoisotopic (exact) mass is 290 g/mol. The van der Waals surface area contributed by atoms with E-state index in [0.29, 0.717) is 5.92 Å². The smallest absolute Gasteiger partial charge is 0.190 e. The molecule has 20 heavy (non-hydrogen) atoms. The summed E-state index contributed by atoms with van der Waals surface area (Å²) in [5.41, 5.74) is 3.41. The lowest BCUT2D eigenvalue weighted by molar-refractivity contribution is 0.283. The zero-order valence-electron chi connectivity index (χ0n) is 12.6. The van der Waals surface area contributed by atoms with Crippen LogP contribution in [0, 0.1) is 6.92 Å². The van der Waals surface area contributed by atoms with Crippen LogP contribution in [0.25, 0.3) is 0 Å². The number of aliphatic hydroxyl groups excluding tert-OH is 1. The first-order valence-corrected chi connectivity index (χ1v) is 7.83. The Morgan fingerprint density at radius 3 is 2.60 bits per heavy atom. The highest BCUT2D eigenvalue weighted by Crippen LogP contribution is 2.34. The third-order valence-electron chi connectivity index (χ3n) is 3.27. The van der Waals surface area contributed by atoms with Crippen molar-refractivity contribution >= 4 is 22.2 Å². The van der Waals surface area contributed by atoms with Gasteiger partial charge in [-0.25, -0.2) is 4.98 Å². The van der Waals surface area contributed by atoms with E-state index >= 15 is 0 Å². The molecule has 2 aromatic rings. The van der Waals surface area contributed by atoms with Crippen LogP contribution in [-0.4, -0.2) is 16.6 Å². The Morgan fingerprint density at radius 2 is 2.10 bits per heavy atom. The molecular formula is C16H22N2OS. The molecule has 0 atom stereocenters. The maximum absolute atomic E-state index is 9.50. The van der Waals surface area contributed by atoms with E-state index in [0.717, 1.165) is 27.9 Å². The number of benzene rings is 1. The van der Waals surface area contributed by atoms with Gasteiger partial charge in [-0.2, -0.15) is 0 Å². The predicted molar refractivity (Wildman–Crippen MR) is 86.0 cm³/mol. The van der Waals surface area contributed by atoms with Crippen molar-refractivity contribution in [1.29, 1.82) is 0 Å². The molecule has 1 N–H and O–H groups in total. The van der Waals surface area contributed by atoms with Crippen molar-refractivity contribution < 1.29 is 5.11 Å². The van der Waals surface area contributed by atoms with Crippen LogP contribution in [0.1, 0.15) is 42.8 Å². The van der Waals surface area contributed by atoms with Crippen molar-refractivity contribution in [3.05, 3.63) is 40.4 Å². The van der Waals surface area contributed by atoms with Gasteiger partial charge in [-0.3, -0.25) is 0 Å². The van der Waals surface area contributed by atoms with E-state index in [4.69, 9.17) is 4.98 Å². The van der Waals surface area contributed by atoms with Gasteiger partial charge in [0.1, 0.15) is 0 Å². The Balaban J connectivity index is 2.42. The van der Waals surface area contributed by atoms with Gasteiger partial charge >= 0.3 is 0 Å². The van der Waals surface area contributed by atoms with E-state index in [1.54, 1.807) is 11.3 Å². The van der Waals surface area contributed by atoms with Crippen LogP contribution in [0.4, 0.5) is 10.8 Å². The average molecular weight is 290 g/mol. The van der Waals surface area contributed by atoms with Gasteiger partial charge < -0.3 is 10.0 Å². The maximum atomic E-state index is 9.50. The van der Waals surface area contributed by atoms with Gasteiger partial charge in [0.15, 0.2) is 5.13 Å². The molecule has 1 aromatic heterocycles. The highest BCUT2D eigenvalue weighted by molar-refractivity contribution is 7.15. The molecule has 0 radical (unpaired) electrons. The summed E-state index contributed by atoms with van der Waals surface area (Å²) in [5.74, 6) is 0.332. The number of hydrogen-bond donors (Lipinski definition) is 1. The van der Waals surface area contributed by atoms with Crippen molar-refractivity contribution in [2.75, 3.05) is 11.4 Å². The number of aryl methyl sites for hydroxylation is 1. The summed E-state index contributed by atoms with van der Waals surface area (Å²) in [7, 11) is 0. The lowest BCUT2D eigenvalue weighted by Crippen LogP contribution is -2.15. The summed E-state index contributed by atoms with van der Waals surface area (Å²) >= 11 is 1.59. The van der Waals surface area contributed by atoms with Gasteiger partial charge in [0.2, 0.25) is 0 Å². The van der Waals surface area contributed by atoms with Crippen LogP contribution in [0.3, 0.4) is 0 Å². The highest BCUT2D eigenvalue weighted by atomic mass is 32.1. The first-order chi connectivity index (χ1) is 9.56. The average Bonchev–Trinajstić information content (AvgIpc) is 2.84. The van der Waals surface area contributed by atoms with Crippen molar-refractivity contribution in [3.63, 3.8) is 0 Å². The second kappa shape index (κ2) is 6.37. The van der Waals surface area contributed by atoms with Gasteiger partial charge in [0.05, 0.1) is 17.2 Å². The standard InChI is InChI=1S/C16H22N2OS/c1-5-18(13-8-6-7-12(4)9-13)16-17-15(11(2)3)14(10-19)20-16/h6-9,11,19H,5,10H2,1-4H3. The number of nitrogens with zero attached hydrogens (tertiary/aromatic N) is 2. The molecule has 4 heteroatoms. The van der Waals surface area contributed by atoms with Crippen LogP contribution < -0.4 is 4.90 Å². The fraction of sp³-hybridized carbons (Fsp3) is 0.438. The van der Waals surface area contributed by atoms with Crippen LogP contribution >= 0.6 is 11.3 Å². The fourth-order valence-electron chi connectivity index (χ4n) is 2.25. The number of aliphatic hydroxyl groups is 1. The van der Waals surface area contributed by atoms with Crippen LogP contribution in [0.5, 0.6) is 0 Å². The lowest BCUT2D eigenvalue weighted by Gasteiger charge is -2.20. The van der Waals surface area contributed by atoms with Gasteiger partial charge in [0.25, 0.3) is 0 Å². The molecule has 0 bridgehead atoms. The minimum Gasteiger partial charge on any atom is -0.391 e. The number of hydrogen-bond acceptors (Lipinski definition) is 4. The van der Waals surface area contributed by atoms with Gasteiger partial charge in [-0.1, -0.05) is 37.3 Å². The third-order valence-corrected chi connectivity index (χ3v) is 4.35. The van der Waals surface area contributed by atoms with Crippen molar-refractivity contribution in [3.8, 4) is 0 Å². The van der Waals surface area contributed by atoms with E-state index in [2.05, 4.69) is 56.9 Å². The molecule has 1 aromatic carbocycles. The predicted octanol–water partition coefficient (Wildman–Crippen LogP) is 4.23. The van der Waals surface area contributed by atoms with Gasteiger partial charge in [-0.05, 0) is 37.5 Å². The molecule has 0 saturated heterocycles. The molecule has 0 unspecified atom stereocenters. The number of thiazole rings is 1. The summed E-state index contributed by atoms with van der Waals surface area (Å²) in [6.07, 6.45) is 0. The fourth-order valence-corrected chi connectivity index (χ4v) is 3.41. The van der Waals surface area contributed by atoms with Gasteiger partial charge in [0, 0.05) is 12.2 Å². The molecule has 0 amide bonds. The summed E-state index contributed by atoms with van der Waals surface area (Å²) in [4.78, 5) is 7.91. The minimum absolute atomic E-state index is 0.0660. The molecule has 0 saturated carbocycles. The molecule has 0 spiro atoms. The summed E-state index contributed by atoms with van der Waals surface area (Å²) in [6, 6.07) is 8.43. The van der Waals surface area contributed by atoms with Crippen molar-refractivity contribution in [1.82, 2.24) is 4.98 Å². The zero-order valence-corrected chi connectivity index (χ0v) is 13.4. The molecule has 0 fully saturated rings. The second-order valence-corrected chi connectivity index (χ2v) is 6.26. The van der Waals surface area contributed by atoms with E-state index in [1.807, 2.05) is 0 Å². The van der Waals surface area contributed by atoms with Crippen LogP contribution in [-0.2, 0) is 6.61 Å². The molecular weight excluding hydrogens is 268 g/mol. The molecule has 1 heterocycles. The Morgan fingerprint density at radius 1 is 1.35 bits per heavy atom. The first-order valence-electron chi connectivity index (χ1n) is 7.01. The number of rotatable bonds is 5. The highest BCUT2D eigenvalue weighted by Gasteiger charge is 2.18. The zero-order chi connectivity index (χ0) is 14.7. The largest absolute Gasteiger partial charge is 0.391 e. The Hall–Kier alpha value is -1.39. The van der Waals surface area contributed by atoms with E-state index < -0.39 is 0 Å². The summed E-state index contributed by atoms with van der Waals surface area (Å²) < 4.78 is 0. The molecule has 2 rings (SSSR count). The van der Waals surface area contributed by atoms with E-state index in [-0.39, 0.29) is 6.61 Å². The summed E-state index contributed by atoms with van der Waals surface area (Å²) in [5, 5.41) is 10.5. The third kappa shape index (κ3) is 3.02. The van der Waals surface area contributed by atoms with Gasteiger partial charge in [-0.15, -0.1) is 0 Å². The molecule has 3 nitrogen and oxygen atoms in total. The van der Waals surface area contributed by atoms with Crippen molar-refractivity contribution in [2.45, 2.75) is 40.2 Å². The lowest BCUT2D eigenvalue weighted by atomic mass is 10.1. The Kier molecular flexibility index (Phi) is 4.78. The SMILES string of the molecule is CCN(c1cccc(C)c1)c1nc(C(C)C)c(CO)s1.